The fraction of sp³-hybridized carbons (Fsp3) is 0.562. The highest BCUT2D eigenvalue weighted by Gasteiger charge is 2.30. The van der Waals surface area contributed by atoms with Gasteiger partial charge >= 0.3 is 0 Å². The summed E-state index contributed by atoms with van der Waals surface area (Å²) >= 11 is 3.47. The minimum Gasteiger partial charge on any atom is -0.294 e. The molecule has 0 saturated heterocycles. The topological polar surface area (TPSA) is 17.1 Å². The van der Waals surface area contributed by atoms with E-state index in [1.165, 1.54) is 19.3 Å². The number of carbonyl (C=O) groups excluding carboxylic acids is 1. The van der Waals surface area contributed by atoms with Crippen molar-refractivity contribution in [3.8, 4) is 0 Å². The Labute approximate surface area is 118 Å². The highest BCUT2D eigenvalue weighted by Crippen LogP contribution is 2.35. The average Bonchev–Trinajstić information content (AvgIpc) is 2.40. The highest BCUT2D eigenvalue weighted by atomic mass is 79.9. The number of hydrogen-bond donors (Lipinski definition) is 0. The van der Waals surface area contributed by atoms with Gasteiger partial charge in [-0.15, -0.1) is 0 Å². The summed E-state index contributed by atoms with van der Waals surface area (Å²) in [4.78, 5) is 12.7. The lowest BCUT2D eigenvalue weighted by molar-refractivity contribution is 0.0819. The smallest absolute Gasteiger partial charge is 0.166 e. The van der Waals surface area contributed by atoms with Crippen molar-refractivity contribution in [1.82, 2.24) is 0 Å². The predicted molar refractivity (Wildman–Crippen MR) is 78.9 cm³/mol. The number of hydrogen-bond acceptors (Lipinski definition) is 1. The van der Waals surface area contributed by atoms with Gasteiger partial charge in [0.15, 0.2) is 5.78 Å². The van der Waals surface area contributed by atoms with Crippen LogP contribution in [0.25, 0.3) is 0 Å². The number of Topliss-reactive ketones (excluding diaryl/α,β-unsaturated/α-hetero) is 1. The molecule has 0 N–H and O–H groups in total. The fourth-order valence-corrected chi connectivity index (χ4v) is 3.46. The molecule has 2 atom stereocenters. The van der Waals surface area contributed by atoms with Crippen LogP contribution in [0.5, 0.6) is 0 Å². The lowest BCUT2D eigenvalue weighted by Gasteiger charge is -2.30. The monoisotopic (exact) mass is 308 g/mol. The van der Waals surface area contributed by atoms with Crippen LogP contribution in [0.4, 0.5) is 0 Å². The number of rotatable bonds is 3. The molecule has 0 aliphatic heterocycles. The summed E-state index contributed by atoms with van der Waals surface area (Å²) in [5.41, 5.74) is 2.01. The SMILES string of the molecule is CCC1CCCCC1C(=O)c1cc(Br)ccc1C. The molecule has 98 valence electrons. The molecule has 2 heteroatoms. The Bertz CT molecular complexity index is 439. The van der Waals surface area contributed by atoms with Crippen LogP contribution in [0.3, 0.4) is 0 Å². The van der Waals surface area contributed by atoms with E-state index in [2.05, 4.69) is 22.9 Å². The Balaban J connectivity index is 2.26. The molecule has 0 bridgehead atoms. The van der Waals surface area contributed by atoms with Gasteiger partial charge in [0.25, 0.3) is 0 Å². The summed E-state index contributed by atoms with van der Waals surface area (Å²) in [5.74, 6) is 1.20. The van der Waals surface area contributed by atoms with E-state index in [4.69, 9.17) is 0 Å². The Kier molecular flexibility index (Phi) is 4.60. The average molecular weight is 309 g/mol. The highest BCUT2D eigenvalue weighted by molar-refractivity contribution is 9.10. The Morgan fingerprint density at radius 1 is 1.33 bits per heavy atom. The largest absolute Gasteiger partial charge is 0.294 e. The van der Waals surface area contributed by atoms with Gasteiger partial charge in [0, 0.05) is 16.0 Å². The first kappa shape index (κ1) is 13.8. The van der Waals surface area contributed by atoms with Crippen molar-refractivity contribution >= 4 is 21.7 Å². The molecule has 2 rings (SSSR count). The molecule has 1 aromatic carbocycles. The van der Waals surface area contributed by atoms with E-state index in [-0.39, 0.29) is 5.92 Å². The Morgan fingerprint density at radius 2 is 2.06 bits per heavy atom. The first-order chi connectivity index (χ1) is 8.63. The summed E-state index contributed by atoms with van der Waals surface area (Å²) in [7, 11) is 0. The molecule has 0 amide bonds. The van der Waals surface area contributed by atoms with Gasteiger partial charge in [-0.3, -0.25) is 4.79 Å². The number of halogens is 1. The van der Waals surface area contributed by atoms with Crippen molar-refractivity contribution in [3.63, 3.8) is 0 Å². The van der Waals surface area contributed by atoms with Crippen LogP contribution in [-0.2, 0) is 0 Å². The Morgan fingerprint density at radius 3 is 2.78 bits per heavy atom. The number of ketones is 1. The zero-order chi connectivity index (χ0) is 13.1. The minimum absolute atomic E-state index is 0.247. The second kappa shape index (κ2) is 6.01. The molecule has 0 spiro atoms. The van der Waals surface area contributed by atoms with Crippen LogP contribution < -0.4 is 0 Å². The molecule has 0 heterocycles. The van der Waals surface area contributed by atoms with Crippen LogP contribution in [0.1, 0.15) is 54.9 Å². The van der Waals surface area contributed by atoms with Crippen LogP contribution >= 0.6 is 15.9 Å². The minimum atomic E-state index is 0.247. The van der Waals surface area contributed by atoms with Crippen LogP contribution in [-0.4, -0.2) is 5.78 Å². The summed E-state index contributed by atoms with van der Waals surface area (Å²) < 4.78 is 1.00. The maximum Gasteiger partial charge on any atom is 0.166 e. The summed E-state index contributed by atoms with van der Waals surface area (Å²) in [5, 5.41) is 0. The lowest BCUT2D eigenvalue weighted by Crippen LogP contribution is -2.27. The second-order valence-electron chi connectivity index (χ2n) is 5.38. The zero-order valence-corrected chi connectivity index (χ0v) is 12.8. The van der Waals surface area contributed by atoms with E-state index < -0.39 is 0 Å². The van der Waals surface area contributed by atoms with E-state index in [1.807, 2.05) is 25.1 Å². The molecule has 0 radical (unpaired) electrons. The molecule has 0 aromatic heterocycles. The number of benzene rings is 1. The van der Waals surface area contributed by atoms with Gasteiger partial charge in [0.2, 0.25) is 0 Å². The van der Waals surface area contributed by atoms with Gasteiger partial charge in [-0.25, -0.2) is 0 Å². The molecule has 1 fully saturated rings. The van der Waals surface area contributed by atoms with Gasteiger partial charge in [-0.05, 0) is 43.4 Å². The summed E-state index contributed by atoms with van der Waals surface area (Å²) in [6.45, 7) is 4.24. The van der Waals surface area contributed by atoms with Crippen molar-refractivity contribution in [2.45, 2.75) is 46.0 Å². The molecule has 1 aliphatic carbocycles. The zero-order valence-electron chi connectivity index (χ0n) is 11.2. The van der Waals surface area contributed by atoms with E-state index in [0.29, 0.717) is 11.7 Å². The van der Waals surface area contributed by atoms with Gasteiger partial charge in [-0.2, -0.15) is 0 Å². The molecular weight excluding hydrogens is 288 g/mol. The van der Waals surface area contributed by atoms with Crippen LogP contribution in [0, 0.1) is 18.8 Å². The van der Waals surface area contributed by atoms with Gasteiger partial charge < -0.3 is 0 Å². The lowest BCUT2D eigenvalue weighted by atomic mass is 9.74. The van der Waals surface area contributed by atoms with Gasteiger partial charge in [0.05, 0.1) is 0 Å². The third-order valence-corrected chi connectivity index (χ3v) is 4.73. The van der Waals surface area contributed by atoms with Crippen molar-refractivity contribution in [3.05, 3.63) is 33.8 Å². The van der Waals surface area contributed by atoms with Crippen molar-refractivity contribution in [2.75, 3.05) is 0 Å². The first-order valence-electron chi connectivity index (χ1n) is 6.94. The standard InChI is InChI=1S/C16H21BrO/c1-3-12-6-4-5-7-14(12)16(18)15-10-13(17)9-8-11(15)2/h8-10,12,14H,3-7H2,1-2H3. The quantitative estimate of drug-likeness (QED) is 0.705. The second-order valence-corrected chi connectivity index (χ2v) is 6.30. The van der Waals surface area contributed by atoms with E-state index in [1.54, 1.807) is 0 Å². The molecule has 1 aliphatic rings. The molecule has 2 unspecified atom stereocenters. The molecular formula is C16H21BrO. The van der Waals surface area contributed by atoms with E-state index in [0.717, 1.165) is 28.4 Å². The van der Waals surface area contributed by atoms with Gasteiger partial charge in [-0.1, -0.05) is 48.2 Å². The molecule has 1 aromatic rings. The molecule has 1 saturated carbocycles. The maximum absolute atomic E-state index is 12.7. The van der Waals surface area contributed by atoms with Crippen molar-refractivity contribution in [2.24, 2.45) is 11.8 Å². The molecule has 18 heavy (non-hydrogen) atoms. The van der Waals surface area contributed by atoms with Gasteiger partial charge in [0.1, 0.15) is 0 Å². The van der Waals surface area contributed by atoms with E-state index >= 15 is 0 Å². The number of carbonyl (C=O) groups is 1. The summed E-state index contributed by atoms with van der Waals surface area (Å²) in [6, 6.07) is 6.02. The van der Waals surface area contributed by atoms with Crippen LogP contribution in [0.2, 0.25) is 0 Å². The van der Waals surface area contributed by atoms with Crippen LogP contribution in [0.15, 0.2) is 22.7 Å². The van der Waals surface area contributed by atoms with Crippen molar-refractivity contribution in [1.29, 1.82) is 0 Å². The number of aryl methyl sites for hydroxylation is 1. The fourth-order valence-electron chi connectivity index (χ4n) is 3.10. The maximum atomic E-state index is 12.7. The third kappa shape index (κ3) is 2.85. The normalized spacial score (nSPS) is 23.9. The first-order valence-corrected chi connectivity index (χ1v) is 7.73. The molecule has 1 nitrogen and oxygen atoms in total. The predicted octanol–water partition coefficient (Wildman–Crippen LogP) is 5.16. The van der Waals surface area contributed by atoms with E-state index in [9.17, 15) is 4.79 Å². The van der Waals surface area contributed by atoms with Crippen molar-refractivity contribution < 1.29 is 4.79 Å². The third-order valence-electron chi connectivity index (χ3n) is 4.24. The summed E-state index contributed by atoms with van der Waals surface area (Å²) in [6.07, 6.45) is 5.92. The Hall–Kier alpha value is -0.630.